The summed E-state index contributed by atoms with van der Waals surface area (Å²) in [7, 11) is 0. The number of anilines is 2. The van der Waals surface area contributed by atoms with Crippen LogP contribution in [0.2, 0.25) is 0 Å². The number of azo groups is 1. The Kier molecular flexibility index (Phi) is 3.47. The van der Waals surface area contributed by atoms with Gasteiger partial charge in [-0.15, -0.1) is 10.2 Å². The fraction of sp³-hybridized carbons (Fsp3) is 0. The van der Waals surface area contributed by atoms with Gasteiger partial charge < -0.3 is 16.6 Å². The molecule has 0 atom stereocenters. The summed E-state index contributed by atoms with van der Waals surface area (Å²) in [4.78, 5) is 10.2. The monoisotopic (exact) mass is 273 g/mol. The van der Waals surface area contributed by atoms with Crippen LogP contribution in [-0.4, -0.2) is 10.0 Å². The van der Waals surface area contributed by atoms with Crippen LogP contribution in [0.5, 0.6) is 5.75 Å². The number of para-hydroxylation sites is 1. The number of nitrogen functional groups attached to an aromatic ring is 2. The minimum Gasteiger partial charge on any atom is -0.506 e. The van der Waals surface area contributed by atoms with Gasteiger partial charge in [0.1, 0.15) is 22.8 Å². The Hall–Kier alpha value is -3.16. The second-order valence-electron chi connectivity index (χ2n) is 3.92. The Labute approximate surface area is 113 Å². The number of nitrogens with two attached hydrogens (primary N) is 2. The highest BCUT2D eigenvalue weighted by atomic mass is 16.6. The molecule has 0 saturated heterocycles. The molecule has 20 heavy (non-hydrogen) atoms. The first kappa shape index (κ1) is 13.3. The number of benzene rings is 2. The van der Waals surface area contributed by atoms with Crippen molar-refractivity contribution in [2.24, 2.45) is 10.2 Å². The molecule has 0 saturated carbocycles. The van der Waals surface area contributed by atoms with Gasteiger partial charge in [0.05, 0.1) is 10.6 Å². The standard InChI is InChI=1S/C12H11N5O3/c13-7-5-8(14)11(17(19)20)6-10(7)16-15-9-3-1-2-4-12(9)18/h1-6,18H,13-14H2. The molecule has 0 aliphatic rings. The molecule has 0 radical (unpaired) electrons. The third-order valence-corrected chi connectivity index (χ3v) is 2.52. The third-order valence-electron chi connectivity index (χ3n) is 2.52. The molecule has 0 bridgehead atoms. The zero-order chi connectivity index (χ0) is 14.7. The molecule has 0 aliphatic carbocycles. The molecule has 0 fully saturated rings. The maximum atomic E-state index is 10.8. The highest BCUT2D eigenvalue weighted by Gasteiger charge is 2.14. The molecule has 8 heteroatoms. The van der Waals surface area contributed by atoms with Crippen LogP contribution in [0.1, 0.15) is 0 Å². The van der Waals surface area contributed by atoms with Gasteiger partial charge in [-0.2, -0.15) is 0 Å². The van der Waals surface area contributed by atoms with Crippen LogP contribution in [0.3, 0.4) is 0 Å². The van der Waals surface area contributed by atoms with Gasteiger partial charge in [0.25, 0.3) is 5.69 Å². The van der Waals surface area contributed by atoms with Crippen molar-refractivity contribution in [3.05, 3.63) is 46.5 Å². The van der Waals surface area contributed by atoms with Gasteiger partial charge in [-0.05, 0) is 18.2 Å². The van der Waals surface area contributed by atoms with Gasteiger partial charge >= 0.3 is 0 Å². The van der Waals surface area contributed by atoms with E-state index in [1.54, 1.807) is 18.2 Å². The van der Waals surface area contributed by atoms with Crippen LogP contribution in [0.15, 0.2) is 46.6 Å². The highest BCUT2D eigenvalue weighted by molar-refractivity contribution is 5.75. The number of phenolic OH excluding ortho intramolecular Hbond substituents is 1. The molecule has 2 aromatic carbocycles. The number of nitro groups is 1. The van der Waals surface area contributed by atoms with Crippen molar-refractivity contribution in [2.45, 2.75) is 0 Å². The van der Waals surface area contributed by atoms with Crippen LogP contribution in [0.4, 0.5) is 28.4 Å². The number of aromatic hydroxyl groups is 1. The topological polar surface area (TPSA) is 140 Å². The summed E-state index contributed by atoms with van der Waals surface area (Å²) in [6.07, 6.45) is 0. The maximum absolute atomic E-state index is 10.8. The molecule has 0 spiro atoms. The molecular formula is C12H11N5O3. The lowest BCUT2D eigenvalue weighted by atomic mass is 10.2. The molecule has 102 valence electrons. The molecule has 0 aliphatic heterocycles. The summed E-state index contributed by atoms with van der Waals surface area (Å²) < 4.78 is 0. The molecule has 2 rings (SSSR count). The SMILES string of the molecule is Nc1cc(N)c([N+](=O)[O-])cc1N=Nc1ccccc1O. The van der Waals surface area contributed by atoms with E-state index in [0.29, 0.717) is 0 Å². The van der Waals surface area contributed by atoms with Gasteiger partial charge in [0.2, 0.25) is 0 Å². The van der Waals surface area contributed by atoms with Gasteiger partial charge in [0, 0.05) is 6.07 Å². The molecule has 8 nitrogen and oxygen atoms in total. The van der Waals surface area contributed by atoms with Crippen LogP contribution >= 0.6 is 0 Å². The van der Waals surface area contributed by atoms with Crippen molar-refractivity contribution in [2.75, 3.05) is 11.5 Å². The average molecular weight is 273 g/mol. The predicted octanol–water partition coefficient (Wildman–Crippen LogP) is 2.88. The lowest BCUT2D eigenvalue weighted by Crippen LogP contribution is -1.97. The third kappa shape index (κ3) is 2.64. The zero-order valence-corrected chi connectivity index (χ0v) is 10.2. The largest absolute Gasteiger partial charge is 0.506 e. The van der Waals surface area contributed by atoms with Crippen molar-refractivity contribution in [3.63, 3.8) is 0 Å². The van der Waals surface area contributed by atoms with E-state index >= 15 is 0 Å². The van der Waals surface area contributed by atoms with E-state index in [4.69, 9.17) is 11.5 Å². The molecule has 0 amide bonds. The minimum absolute atomic E-state index is 0.0472. The number of hydrogen-bond acceptors (Lipinski definition) is 7. The van der Waals surface area contributed by atoms with Crippen LogP contribution in [-0.2, 0) is 0 Å². The number of hydrogen-bond donors (Lipinski definition) is 3. The Morgan fingerprint density at radius 2 is 1.70 bits per heavy atom. The number of rotatable bonds is 3. The average Bonchev–Trinajstić information content (AvgIpc) is 2.39. The van der Waals surface area contributed by atoms with Crippen LogP contribution in [0.25, 0.3) is 0 Å². The minimum atomic E-state index is -0.631. The van der Waals surface area contributed by atoms with E-state index < -0.39 is 4.92 Å². The Balaban J connectivity index is 2.41. The lowest BCUT2D eigenvalue weighted by molar-refractivity contribution is -0.383. The number of phenols is 1. The van der Waals surface area contributed by atoms with Crippen molar-refractivity contribution < 1.29 is 10.0 Å². The van der Waals surface area contributed by atoms with E-state index in [9.17, 15) is 15.2 Å². The van der Waals surface area contributed by atoms with Crippen molar-refractivity contribution >= 4 is 28.4 Å². The summed E-state index contributed by atoms with van der Waals surface area (Å²) in [6.45, 7) is 0. The van der Waals surface area contributed by atoms with Crippen molar-refractivity contribution in [1.82, 2.24) is 0 Å². The van der Waals surface area contributed by atoms with Gasteiger partial charge in [-0.25, -0.2) is 0 Å². The van der Waals surface area contributed by atoms with E-state index in [1.165, 1.54) is 12.1 Å². The Morgan fingerprint density at radius 1 is 1.05 bits per heavy atom. The zero-order valence-electron chi connectivity index (χ0n) is 10.2. The fourth-order valence-electron chi connectivity index (χ4n) is 1.51. The second kappa shape index (κ2) is 5.22. The molecule has 0 heterocycles. The first-order valence-corrected chi connectivity index (χ1v) is 5.52. The molecule has 5 N–H and O–H groups in total. The summed E-state index contributed by atoms with van der Waals surface area (Å²) in [5.41, 5.74) is 11.3. The molecule has 2 aromatic rings. The Morgan fingerprint density at radius 3 is 2.35 bits per heavy atom. The van der Waals surface area contributed by atoms with E-state index in [1.807, 2.05) is 0 Å². The van der Waals surface area contributed by atoms with E-state index in [-0.39, 0.29) is 34.2 Å². The quantitative estimate of drug-likeness (QED) is 0.341. The van der Waals surface area contributed by atoms with Crippen LogP contribution < -0.4 is 11.5 Å². The van der Waals surface area contributed by atoms with Crippen molar-refractivity contribution in [3.8, 4) is 5.75 Å². The van der Waals surface area contributed by atoms with Gasteiger partial charge in [-0.3, -0.25) is 10.1 Å². The summed E-state index contributed by atoms with van der Waals surface area (Å²) in [5, 5.41) is 27.9. The first-order chi connectivity index (χ1) is 9.49. The normalized spacial score (nSPS) is 10.8. The predicted molar refractivity (Wildman–Crippen MR) is 74.2 cm³/mol. The molecule has 0 aromatic heterocycles. The molecular weight excluding hydrogens is 262 g/mol. The molecule has 0 unspecified atom stereocenters. The summed E-state index contributed by atoms with van der Waals surface area (Å²) in [5.74, 6) is -0.0558. The summed E-state index contributed by atoms with van der Waals surface area (Å²) >= 11 is 0. The van der Waals surface area contributed by atoms with E-state index in [2.05, 4.69) is 10.2 Å². The van der Waals surface area contributed by atoms with Crippen LogP contribution in [0, 0.1) is 10.1 Å². The first-order valence-electron chi connectivity index (χ1n) is 5.52. The smallest absolute Gasteiger partial charge is 0.294 e. The number of nitro benzene ring substituents is 1. The van der Waals surface area contributed by atoms with E-state index in [0.717, 1.165) is 6.07 Å². The van der Waals surface area contributed by atoms with Crippen molar-refractivity contribution in [1.29, 1.82) is 0 Å². The second-order valence-corrected chi connectivity index (χ2v) is 3.92. The maximum Gasteiger partial charge on any atom is 0.294 e. The highest BCUT2D eigenvalue weighted by Crippen LogP contribution is 2.34. The van der Waals surface area contributed by atoms with Gasteiger partial charge in [0.15, 0.2) is 0 Å². The van der Waals surface area contributed by atoms with Gasteiger partial charge in [-0.1, -0.05) is 12.1 Å². The summed E-state index contributed by atoms with van der Waals surface area (Å²) in [6, 6.07) is 8.68. The Bertz CT molecular complexity index is 699. The fourth-order valence-corrected chi connectivity index (χ4v) is 1.51. The lowest BCUT2D eigenvalue weighted by Gasteiger charge is -2.02. The number of nitrogens with zero attached hydrogens (tertiary/aromatic N) is 3.